The van der Waals surface area contributed by atoms with E-state index < -0.39 is 17.3 Å². The number of ketones is 1. The average molecular weight is 536 g/mol. The zero-order valence-corrected chi connectivity index (χ0v) is 22.9. The number of ether oxygens (including phenoxy) is 1. The summed E-state index contributed by atoms with van der Waals surface area (Å²) >= 11 is 6.46. The number of likely N-dealkylation sites (N-methyl/N-ethyl adjacent to an activating group) is 1. The van der Waals surface area contributed by atoms with Crippen LogP contribution in [0.4, 0.5) is 8.78 Å². The molecule has 1 heterocycles. The van der Waals surface area contributed by atoms with E-state index >= 15 is 0 Å². The Labute approximate surface area is 222 Å². The van der Waals surface area contributed by atoms with Gasteiger partial charge in [0, 0.05) is 59.6 Å². The van der Waals surface area contributed by atoms with E-state index in [4.69, 9.17) is 16.3 Å². The summed E-state index contributed by atoms with van der Waals surface area (Å²) in [7, 11) is 5.30. The van der Waals surface area contributed by atoms with Crippen molar-refractivity contribution in [3.8, 4) is 5.88 Å². The SMILES string of the molecule is CCC(=O)c1ccc(C[C@@H](CNC(=O)CC(c2ccc(OC)nc2)C2(C(C)(F)F)CC2)N(C)C)c(Cl)c1. The van der Waals surface area contributed by atoms with Crippen LogP contribution in [0.2, 0.25) is 5.02 Å². The molecule has 1 aromatic heterocycles. The lowest BCUT2D eigenvalue weighted by Gasteiger charge is -2.32. The number of nitrogens with zero attached hydrogens (tertiary/aromatic N) is 2. The van der Waals surface area contributed by atoms with Crippen molar-refractivity contribution in [2.75, 3.05) is 27.7 Å². The fourth-order valence-electron chi connectivity index (χ4n) is 4.85. The summed E-state index contributed by atoms with van der Waals surface area (Å²) in [5.74, 6) is -3.47. The van der Waals surface area contributed by atoms with Gasteiger partial charge in [0.15, 0.2) is 5.78 Å². The van der Waals surface area contributed by atoms with Crippen LogP contribution in [-0.4, -0.2) is 61.3 Å². The maximum absolute atomic E-state index is 14.7. The molecule has 1 aliphatic carbocycles. The van der Waals surface area contributed by atoms with E-state index in [2.05, 4.69) is 10.3 Å². The molecule has 202 valence electrons. The van der Waals surface area contributed by atoms with Gasteiger partial charge in [-0.2, -0.15) is 0 Å². The number of carbonyl (C=O) groups is 2. The van der Waals surface area contributed by atoms with Gasteiger partial charge in [0.1, 0.15) is 0 Å². The fraction of sp³-hybridized carbons (Fsp3) is 0.536. The normalized spacial score (nSPS) is 16.2. The van der Waals surface area contributed by atoms with Gasteiger partial charge in [0.2, 0.25) is 11.8 Å². The summed E-state index contributed by atoms with van der Waals surface area (Å²) in [5.41, 5.74) is 0.790. The topological polar surface area (TPSA) is 71.5 Å². The minimum atomic E-state index is -2.92. The van der Waals surface area contributed by atoms with Crippen LogP contribution in [-0.2, 0) is 11.2 Å². The van der Waals surface area contributed by atoms with Crippen LogP contribution in [0.25, 0.3) is 0 Å². The molecule has 1 aromatic carbocycles. The number of methoxy groups -OCH3 is 1. The summed E-state index contributed by atoms with van der Waals surface area (Å²) in [6.45, 7) is 3.06. The largest absolute Gasteiger partial charge is 0.481 e. The zero-order chi connectivity index (χ0) is 27.4. The number of amides is 1. The first-order valence-electron chi connectivity index (χ1n) is 12.5. The van der Waals surface area contributed by atoms with Gasteiger partial charge in [-0.1, -0.05) is 36.7 Å². The van der Waals surface area contributed by atoms with Crippen molar-refractivity contribution in [3.63, 3.8) is 0 Å². The molecular weight excluding hydrogens is 500 g/mol. The predicted octanol–water partition coefficient (Wildman–Crippen LogP) is 5.53. The highest BCUT2D eigenvalue weighted by molar-refractivity contribution is 6.31. The summed E-state index contributed by atoms with van der Waals surface area (Å²) < 4.78 is 34.5. The summed E-state index contributed by atoms with van der Waals surface area (Å²) in [4.78, 5) is 31.2. The van der Waals surface area contributed by atoms with Crippen molar-refractivity contribution in [2.24, 2.45) is 5.41 Å². The second-order valence-electron chi connectivity index (χ2n) is 10.1. The quantitative estimate of drug-likeness (QED) is 0.341. The van der Waals surface area contributed by atoms with Crippen LogP contribution in [0.1, 0.15) is 66.9 Å². The molecule has 0 saturated heterocycles. The number of halogens is 3. The molecule has 37 heavy (non-hydrogen) atoms. The van der Waals surface area contributed by atoms with E-state index in [9.17, 15) is 18.4 Å². The van der Waals surface area contributed by atoms with Crippen molar-refractivity contribution >= 4 is 23.3 Å². The number of alkyl halides is 2. The number of aromatic nitrogens is 1. The number of hydrogen-bond donors (Lipinski definition) is 1. The number of carbonyl (C=O) groups excluding carboxylic acids is 2. The van der Waals surface area contributed by atoms with Crippen molar-refractivity contribution < 1.29 is 23.1 Å². The van der Waals surface area contributed by atoms with E-state index in [1.807, 2.05) is 25.1 Å². The Kier molecular flexibility index (Phi) is 9.29. The Bertz CT molecular complexity index is 1100. The van der Waals surface area contributed by atoms with Gasteiger partial charge in [0.25, 0.3) is 5.92 Å². The van der Waals surface area contributed by atoms with E-state index in [1.165, 1.54) is 13.3 Å². The van der Waals surface area contributed by atoms with Crippen LogP contribution in [0.3, 0.4) is 0 Å². The van der Waals surface area contributed by atoms with E-state index in [0.29, 0.717) is 54.3 Å². The Morgan fingerprint density at radius 3 is 2.43 bits per heavy atom. The fourth-order valence-corrected chi connectivity index (χ4v) is 5.11. The summed E-state index contributed by atoms with van der Waals surface area (Å²) in [6, 6.07) is 8.56. The van der Waals surface area contributed by atoms with Crippen LogP contribution in [0.5, 0.6) is 5.88 Å². The number of pyridine rings is 1. The Hall–Kier alpha value is -2.58. The van der Waals surface area contributed by atoms with Gasteiger partial charge in [0.05, 0.1) is 7.11 Å². The highest BCUT2D eigenvalue weighted by Crippen LogP contribution is 2.65. The standard InChI is InChI=1S/C28H36ClF2N3O3/c1-6-24(35)19-8-7-18(23(29)14-19)13-21(34(3)4)17-32-25(36)15-22(28(11-12-28)27(2,30)31)20-9-10-26(37-5)33-16-20/h7-10,14,16,21-22H,6,11-13,15,17H2,1-5H3,(H,32,36)/t21-,22?/m0/s1. The number of rotatable bonds is 13. The second kappa shape index (κ2) is 11.9. The monoisotopic (exact) mass is 535 g/mol. The lowest BCUT2D eigenvalue weighted by Crippen LogP contribution is -2.43. The maximum atomic E-state index is 14.7. The highest BCUT2D eigenvalue weighted by atomic mass is 35.5. The van der Waals surface area contributed by atoms with Gasteiger partial charge in [-0.3, -0.25) is 9.59 Å². The lowest BCUT2D eigenvalue weighted by atomic mass is 9.77. The first-order valence-corrected chi connectivity index (χ1v) is 12.9. The third-order valence-corrected chi connectivity index (χ3v) is 7.86. The average Bonchev–Trinajstić information content (AvgIpc) is 3.67. The van der Waals surface area contributed by atoms with Crippen LogP contribution < -0.4 is 10.1 Å². The molecule has 0 bridgehead atoms. The predicted molar refractivity (Wildman–Crippen MR) is 141 cm³/mol. The highest BCUT2D eigenvalue weighted by Gasteiger charge is 2.63. The third kappa shape index (κ3) is 6.85. The van der Waals surface area contributed by atoms with Gasteiger partial charge in [-0.25, -0.2) is 13.8 Å². The van der Waals surface area contributed by atoms with E-state index in [1.54, 1.807) is 31.2 Å². The van der Waals surface area contributed by atoms with Crippen molar-refractivity contribution in [3.05, 3.63) is 58.2 Å². The molecule has 2 atom stereocenters. The van der Waals surface area contributed by atoms with E-state index in [0.717, 1.165) is 12.5 Å². The molecule has 1 N–H and O–H groups in total. The summed E-state index contributed by atoms with van der Waals surface area (Å²) in [6.07, 6.45) is 3.13. The minimum Gasteiger partial charge on any atom is -0.481 e. The molecule has 2 aromatic rings. The molecule has 0 radical (unpaired) electrons. The van der Waals surface area contributed by atoms with Crippen molar-refractivity contribution in [1.82, 2.24) is 15.2 Å². The van der Waals surface area contributed by atoms with Crippen molar-refractivity contribution in [2.45, 2.75) is 63.8 Å². The molecule has 3 rings (SSSR count). The molecule has 0 aliphatic heterocycles. The molecule has 6 nitrogen and oxygen atoms in total. The molecule has 1 saturated carbocycles. The van der Waals surface area contributed by atoms with Crippen molar-refractivity contribution in [1.29, 1.82) is 0 Å². The molecule has 0 spiro atoms. The molecule has 1 unspecified atom stereocenters. The zero-order valence-electron chi connectivity index (χ0n) is 22.1. The summed E-state index contributed by atoms with van der Waals surface area (Å²) in [5, 5.41) is 3.45. The first kappa shape index (κ1) is 29.0. The second-order valence-corrected chi connectivity index (χ2v) is 10.6. The Balaban J connectivity index is 1.71. The first-order chi connectivity index (χ1) is 17.4. The van der Waals surface area contributed by atoms with E-state index in [-0.39, 0.29) is 24.2 Å². The Morgan fingerprint density at radius 2 is 1.95 bits per heavy atom. The number of hydrogen-bond acceptors (Lipinski definition) is 5. The molecule has 1 amide bonds. The maximum Gasteiger partial charge on any atom is 0.251 e. The number of benzene rings is 1. The molecule has 1 aliphatic rings. The number of nitrogens with one attached hydrogen (secondary N) is 1. The lowest BCUT2D eigenvalue weighted by molar-refractivity contribution is -0.123. The molecule has 1 fully saturated rings. The minimum absolute atomic E-state index is 0.0255. The number of Topliss-reactive ketones (excluding diaryl/α,β-unsaturated/α-hetero) is 1. The van der Waals surface area contributed by atoms with Crippen LogP contribution in [0.15, 0.2) is 36.5 Å². The van der Waals surface area contributed by atoms with Gasteiger partial charge < -0.3 is 15.0 Å². The molecular formula is C28H36ClF2N3O3. The van der Waals surface area contributed by atoms with Crippen LogP contribution in [0, 0.1) is 5.41 Å². The smallest absolute Gasteiger partial charge is 0.251 e. The third-order valence-electron chi connectivity index (χ3n) is 7.51. The van der Waals surface area contributed by atoms with Gasteiger partial charge in [-0.15, -0.1) is 0 Å². The Morgan fingerprint density at radius 1 is 1.24 bits per heavy atom. The molecule has 9 heteroatoms. The van der Waals surface area contributed by atoms with Gasteiger partial charge >= 0.3 is 0 Å². The van der Waals surface area contributed by atoms with Gasteiger partial charge in [-0.05, 0) is 57.5 Å². The van der Waals surface area contributed by atoms with Crippen LogP contribution >= 0.6 is 11.6 Å².